The van der Waals surface area contributed by atoms with Crippen molar-refractivity contribution in [3.63, 3.8) is 0 Å². The van der Waals surface area contributed by atoms with Crippen LogP contribution in [0, 0.1) is 6.92 Å². The Morgan fingerprint density at radius 3 is 2.69 bits per heavy atom. The van der Waals surface area contributed by atoms with Crippen LogP contribution in [0.2, 0.25) is 0 Å². The number of hydrogen-bond acceptors (Lipinski definition) is 6. The standard InChI is InChI=1S/C24H18N4O3S/c1-15-5-4-8-21(25-15)27-22(29)14-31-17-11-9-16(10-12-17)13-20-23(30)28-19-7-3-2-6-18(19)26-24(28)32-20/h2-13H,14H2,1H3,(H,25,27,29). The zero-order chi connectivity index (χ0) is 22.1. The first-order chi connectivity index (χ1) is 15.6. The number of aromatic nitrogens is 3. The van der Waals surface area contributed by atoms with Crippen molar-refractivity contribution < 1.29 is 9.53 Å². The highest BCUT2D eigenvalue weighted by Gasteiger charge is 2.10. The number of thiazole rings is 1. The first-order valence-corrected chi connectivity index (χ1v) is 10.8. The molecule has 0 saturated carbocycles. The second kappa shape index (κ2) is 8.24. The van der Waals surface area contributed by atoms with Gasteiger partial charge in [0, 0.05) is 5.69 Å². The largest absolute Gasteiger partial charge is 0.484 e. The molecule has 5 rings (SSSR count). The average Bonchev–Trinajstić information content (AvgIpc) is 3.29. The molecule has 0 atom stereocenters. The lowest BCUT2D eigenvalue weighted by atomic mass is 10.2. The normalized spacial score (nSPS) is 11.8. The Bertz CT molecular complexity index is 1550. The van der Waals surface area contributed by atoms with Gasteiger partial charge in [0.05, 0.1) is 15.6 Å². The van der Waals surface area contributed by atoms with Crippen molar-refractivity contribution in [1.82, 2.24) is 14.4 Å². The van der Waals surface area contributed by atoms with E-state index in [1.807, 2.05) is 61.5 Å². The molecule has 8 heteroatoms. The number of ether oxygens (including phenoxy) is 1. The van der Waals surface area contributed by atoms with Gasteiger partial charge in [-0.1, -0.05) is 41.7 Å². The quantitative estimate of drug-likeness (QED) is 0.452. The van der Waals surface area contributed by atoms with Crippen LogP contribution in [0.3, 0.4) is 0 Å². The van der Waals surface area contributed by atoms with Crippen molar-refractivity contribution in [2.24, 2.45) is 0 Å². The molecule has 1 amide bonds. The maximum atomic E-state index is 12.9. The van der Waals surface area contributed by atoms with Crippen LogP contribution in [0.5, 0.6) is 5.75 Å². The fourth-order valence-corrected chi connectivity index (χ4v) is 4.35. The molecule has 5 aromatic rings. The molecule has 3 aromatic heterocycles. The number of rotatable bonds is 5. The number of hydrogen-bond donors (Lipinski definition) is 1. The van der Waals surface area contributed by atoms with Crippen molar-refractivity contribution in [2.45, 2.75) is 6.92 Å². The minimum absolute atomic E-state index is 0.0829. The van der Waals surface area contributed by atoms with E-state index in [4.69, 9.17) is 4.74 Å². The smallest absolute Gasteiger partial charge is 0.274 e. The fourth-order valence-electron chi connectivity index (χ4n) is 3.36. The molecule has 2 aromatic carbocycles. The topological polar surface area (TPSA) is 85.6 Å². The summed E-state index contributed by atoms with van der Waals surface area (Å²) in [4.78, 5) is 34.4. The summed E-state index contributed by atoms with van der Waals surface area (Å²) in [6.07, 6.45) is 1.83. The number of carbonyl (C=O) groups is 1. The number of benzene rings is 2. The summed E-state index contributed by atoms with van der Waals surface area (Å²) in [7, 11) is 0. The molecule has 0 bridgehead atoms. The van der Waals surface area contributed by atoms with Crippen LogP contribution in [0.15, 0.2) is 71.5 Å². The van der Waals surface area contributed by atoms with Crippen molar-refractivity contribution in [1.29, 1.82) is 0 Å². The molecule has 0 aliphatic carbocycles. The van der Waals surface area contributed by atoms with E-state index in [0.29, 0.717) is 21.1 Å². The average molecular weight is 443 g/mol. The van der Waals surface area contributed by atoms with E-state index in [-0.39, 0.29) is 18.1 Å². The summed E-state index contributed by atoms with van der Waals surface area (Å²) < 4.78 is 7.81. The van der Waals surface area contributed by atoms with E-state index in [1.54, 1.807) is 22.6 Å². The lowest BCUT2D eigenvalue weighted by Crippen LogP contribution is -2.22. The van der Waals surface area contributed by atoms with E-state index in [0.717, 1.165) is 22.3 Å². The minimum Gasteiger partial charge on any atom is -0.484 e. The van der Waals surface area contributed by atoms with Gasteiger partial charge in [0.25, 0.3) is 11.5 Å². The number of pyridine rings is 1. The Hall–Kier alpha value is -4.04. The highest BCUT2D eigenvalue weighted by Crippen LogP contribution is 2.16. The molecule has 0 aliphatic rings. The summed E-state index contributed by atoms with van der Waals surface area (Å²) in [6, 6.07) is 20.2. The van der Waals surface area contributed by atoms with Gasteiger partial charge in [-0.15, -0.1) is 0 Å². The monoisotopic (exact) mass is 442 g/mol. The van der Waals surface area contributed by atoms with Crippen molar-refractivity contribution >= 4 is 45.1 Å². The molecule has 0 spiro atoms. The van der Waals surface area contributed by atoms with Crippen molar-refractivity contribution in [2.75, 3.05) is 11.9 Å². The highest BCUT2D eigenvalue weighted by molar-refractivity contribution is 7.15. The first-order valence-electron chi connectivity index (χ1n) is 9.95. The van der Waals surface area contributed by atoms with E-state index in [2.05, 4.69) is 15.3 Å². The SMILES string of the molecule is Cc1cccc(NC(=O)COc2ccc(C=c3sc4nc5ccccc5n4c3=O)cc2)n1. The van der Waals surface area contributed by atoms with Crippen molar-refractivity contribution in [3.05, 3.63) is 92.9 Å². The number of nitrogens with one attached hydrogen (secondary N) is 1. The summed E-state index contributed by atoms with van der Waals surface area (Å²) in [6.45, 7) is 1.73. The molecular formula is C24H18N4O3S. The summed E-state index contributed by atoms with van der Waals surface area (Å²) in [5, 5.41) is 2.70. The number of fused-ring (bicyclic) bond motifs is 3. The number of carbonyl (C=O) groups excluding carboxylic acids is 1. The Kier molecular flexibility index (Phi) is 5.12. The number of amides is 1. The van der Waals surface area contributed by atoms with Gasteiger partial charge in [-0.05, 0) is 55.0 Å². The summed E-state index contributed by atoms with van der Waals surface area (Å²) in [5.74, 6) is 0.764. The third-order valence-electron chi connectivity index (χ3n) is 4.85. The van der Waals surface area contributed by atoms with Gasteiger partial charge in [0.2, 0.25) is 0 Å². The third-order valence-corrected chi connectivity index (χ3v) is 5.82. The summed E-state index contributed by atoms with van der Waals surface area (Å²) in [5.41, 5.74) is 3.22. The van der Waals surface area contributed by atoms with Gasteiger partial charge in [-0.3, -0.25) is 9.59 Å². The lowest BCUT2D eigenvalue weighted by Gasteiger charge is -2.07. The predicted octanol–water partition coefficient (Wildman–Crippen LogP) is 3.18. The van der Waals surface area contributed by atoms with E-state index < -0.39 is 0 Å². The van der Waals surface area contributed by atoms with Gasteiger partial charge >= 0.3 is 0 Å². The van der Waals surface area contributed by atoms with Gasteiger partial charge in [0.15, 0.2) is 11.6 Å². The molecule has 0 fully saturated rings. The van der Waals surface area contributed by atoms with Crippen LogP contribution in [0.1, 0.15) is 11.3 Å². The Morgan fingerprint density at radius 1 is 1.06 bits per heavy atom. The fraction of sp³-hybridized carbons (Fsp3) is 0.0833. The first kappa shape index (κ1) is 19.9. The molecule has 0 aliphatic heterocycles. The van der Waals surface area contributed by atoms with Crippen molar-refractivity contribution in [3.8, 4) is 5.75 Å². The van der Waals surface area contributed by atoms with Gasteiger partial charge in [-0.25, -0.2) is 14.4 Å². The molecule has 0 radical (unpaired) electrons. The van der Waals surface area contributed by atoms with Gasteiger partial charge < -0.3 is 10.1 Å². The zero-order valence-corrected chi connectivity index (χ0v) is 17.9. The van der Waals surface area contributed by atoms with E-state index >= 15 is 0 Å². The highest BCUT2D eigenvalue weighted by atomic mass is 32.1. The number of anilines is 1. The summed E-state index contributed by atoms with van der Waals surface area (Å²) >= 11 is 1.36. The Morgan fingerprint density at radius 2 is 1.88 bits per heavy atom. The van der Waals surface area contributed by atoms with Gasteiger partial charge in [0.1, 0.15) is 11.6 Å². The van der Waals surface area contributed by atoms with Crippen LogP contribution in [-0.4, -0.2) is 26.9 Å². The molecule has 1 N–H and O–H groups in total. The lowest BCUT2D eigenvalue weighted by molar-refractivity contribution is -0.118. The second-order valence-corrected chi connectivity index (χ2v) is 8.21. The maximum Gasteiger partial charge on any atom is 0.274 e. The minimum atomic E-state index is -0.288. The molecule has 0 unspecified atom stereocenters. The number of nitrogens with zero attached hydrogens (tertiary/aromatic N) is 3. The maximum absolute atomic E-state index is 12.9. The molecule has 7 nitrogen and oxygen atoms in total. The zero-order valence-electron chi connectivity index (χ0n) is 17.1. The number of para-hydroxylation sites is 2. The molecule has 32 heavy (non-hydrogen) atoms. The van der Waals surface area contributed by atoms with Crippen LogP contribution < -0.4 is 20.1 Å². The molecule has 3 heterocycles. The second-order valence-electron chi connectivity index (χ2n) is 7.20. The van der Waals surface area contributed by atoms with Crippen LogP contribution >= 0.6 is 11.3 Å². The third kappa shape index (κ3) is 3.95. The van der Waals surface area contributed by atoms with Gasteiger partial charge in [-0.2, -0.15) is 0 Å². The Labute approximate surface area is 186 Å². The molecule has 0 saturated heterocycles. The van der Waals surface area contributed by atoms with Crippen LogP contribution in [0.25, 0.3) is 22.1 Å². The number of aryl methyl sites for hydroxylation is 1. The Balaban J connectivity index is 1.29. The molecular weight excluding hydrogens is 424 g/mol. The van der Waals surface area contributed by atoms with Crippen LogP contribution in [0.4, 0.5) is 5.82 Å². The number of imidazole rings is 1. The van der Waals surface area contributed by atoms with E-state index in [1.165, 1.54) is 11.3 Å². The molecule has 158 valence electrons. The van der Waals surface area contributed by atoms with Crippen LogP contribution in [-0.2, 0) is 4.79 Å². The van der Waals surface area contributed by atoms with E-state index in [9.17, 15) is 9.59 Å². The predicted molar refractivity (Wildman–Crippen MR) is 125 cm³/mol.